The SMILES string of the molecule is COc1ccc(N(CC(=O)NCCOc2cccc(C)c2C)S(=O)(=O)c2ccc(C)cc2)cc1. The Bertz CT molecular complexity index is 1220. The van der Waals surface area contributed by atoms with Crippen molar-refractivity contribution in [1.82, 2.24) is 5.32 Å². The van der Waals surface area contributed by atoms with Crippen LogP contribution in [-0.4, -0.2) is 41.1 Å². The molecule has 0 aliphatic heterocycles. The molecule has 3 aromatic rings. The van der Waals surface area contributed by atoms with Crippen molar-refractivity contribution in [3.05, 3.63) is 83.4 Å². The highest BCUT2D eigenvalue weighted by atomic mass is 32.2. The van der Waals surface area contributed by atoms with Crippen molar-refractivity contribution in [3.8, 4) is 11.5 Å². The number of aryl methyl sites for hydroxylation is 2. The number of methoxy groups -OCH3 is 1. The van der Waals surface area contributed by atoms with E-state index in [4.69, 9.17) is 9.47 Å². The predicted octanol–water partition coefficient (Wildman–Crippen LogP) is 4.01. The van der Waals surface area contributed by atoms with Gasteiger partial charge in [0.15, 0.2) is 0 Å². The summed E-state index contributed by atoms with van der Waals surface area (Å²) in [6.45, 7) is 6.01. The van der Waals surface area contributed by atoms with Crippen molar-refractivity contribution in [2.45, 2.75) is 25.7 Å². The van der Waals surface area contributed by atoms with E-state index >= 15 is 0 Å². The van der Waals surface area contributed by atoms with Gasteiger partial charge >= 0.3 is 0 Å². The summed E-state index contributed by atoms with van der Waals surface area (Å²) in [6, 6.07) is 18.9. The van der Waals surface area contributed by atoms with E-state index in [2.05, 4.69) is 5.32 Å². The monoisotopic (exact) mass is 482 g/mol. The van der Waals surface area contributed by atoms with Gasteiger partial charge in [-0.05, 0) is 74.4 Å². The van der Waals surface area contributed by atoms with Gasteiger partial charge in [-0.25, -0.2) is 8.42 Å². The zero-order valence-corrected chi connectivity index (χ0v) is 20.7. The Morgan fingerprint density at radius 2 is 1.62 bits per heavy atom. The van der Waals surface area contributed by atoms with Crippen molar-refractivity contribution in [1.29, 1.82) is 0 Å². The summed E-state index contributed by atoms with van der Waals surface area (Å²) in [4.78, 5) is 12.8. The van der Waals surface area contributed by atoms with Crippen LogP contribution >= 0.6 is 0 Å². The number of rotatable bonds is 10. The van der Waals surface area contributed by atoms with Crippen molar-refractivity contribution < 1.29 is 22.7 Å². The van der Waals surface area contributed by atoms with Crippen LogP contribution in [0.3, 0.4) is 0 Å². The molecule has 0 heterocycles. The number of nitrogens with zero attached hydrogens (tertiary/aromatic N) is 1. The van der Waals surface area contributed by atoms with E-state index in [9.17, 15) is 13.2 Å². The van der Waals surface area contributed by atoms with E-state index in [0.717, 1.165) is 26.7 Å². The lowest BCUT2D eigenvalue weighted by molar-refractivity contribution is -0.119. The van der Waals surface area contributed by atoms with Crippen LogP contribution in [0.4, 0.5) is 5.69 Å². The van der Waals surface area contributed by atoms with Crippen molar-refractivity contribution in [2.24, 2.45) is 0 Å². The second kappa shape index (κ2) is 11.1. The van der Waals surface area contributed by atoms with Gasteiger partial charge in [-0.1, -0.05) is 29.8 Å². The lowest BCUT2D eigenvalue weighted by Crippen LogP contribution is -2.41. The fourth-order valence-electron chi connectivity index (χ4n) is 3.32. The molecule has 34 heavy (non-hydrogen) atoms. The number of anilines is 1. The Kier molecular flexibility index (Phi) is 8.17. The summed E-state index contributed by atoms with van der Waals surface area (Å²) in [5, 5.41) is 2.75. The molecule has 8 heteroatoms. The summed E-state index contributed by atoms with van der Waals surface area (Å²) in [6.07, 6.45) is 0. The molecule has 0 radical (unpaired) electrons. The minimum atomic E-state index is -3.97. The molecule has 180 valence electrons. The first-order valence-corrected chi connectivity index (χ1v) is 12.4. The van der Waals surface area contributed by atoms with Crippen molar-refractivity contribution >= 4 is 21.6 Å². The van der Waals surface area contributed by atoms with Crippen LogP contribution in [0.5, 0.6) is 11.5 Å². The molecule has 1 amide bonds. The van der Waals surface area contributed by atoms with E-state index in [1.165, 1.54) is 19.2 Å². The summed E-state index contributed by atoms with van der Waals surface area (Å²) in [5.74, 6) is 0.914. The number of carbonyl (C=O) groups is 1. The Morgan fingerprint density at radius 3 is 2.26 bits per heavy atom. The van der Waals surface area contributed by atoms with Crippen LogP contribution in [0.15, 0.2) is 71.6 Å². The van der Waals surface area contributed by atoms with E-state index in [-0.39, 0.29) is 24.6 Å². The average Bonchev–Trinajstić information content (AvgIpc) is 2.83. The standard InChI is InChI=1S/C26H30N2O5S/c1-19-8-14-24(15-9-19)34(30,31)28(22-10-12-23(32-4)13-11-22)18-26(29)27-16-17-33-25-7-5-6-20(2)21(25)3/h5-15H,16-18H2,1-4H3,(H,27,29). The molecule has 0 spiro atoms. The zero-order valence-electron chi connectivity index (χ0n) is 19.9. The number of carbonyl (C=O) groups excluding carboxylic acids is 1. The lowest BCUT2D eigenvalue weighted by atomic mass is 10.1. The highest BCUT2D eigenvalue weighted by Gasteiger charge is 2.27. The normalized spacial score (nSPS) is 11.1. The van der Waals surface area contributed by atoms with E-state index in [0.29, 0.717) is 11.4 Å². The highest BCUT2D eigenvalue weighted by Crippen LogP contribution is 2.26. The quantitative estimate of drug-likeness (QED) is 0.442. The second-order valence-corrected chi connectivity index (χ2v) is 9.78. The Balaban J connectivity index is 1.72. The number of hydrogen-bond acceptors (Lipinski definition) is 5. The lowest BCUT2D eigenvalue weighted by Gasteiger charge is -2.24. The smallest absolute Gasteiger partial charge is 0.264 e. The summed E-state index contributed by atoms with van der Waals surface area (Å²) in [7, 11) is -2.44. The molecule has 0 saturated heterocycles. The third-order valence-electron chi connectivity index (χ3n) is 5.49. The van der Waals surface area contributed by atoms with Crippen LogP contribution in [-0.2, 0) is 14.8 Å². The predicted molar refractivity (Wildman–Crippen MR) is 133 cm³/mol. The largest absolute Gasteiger partial charge is 0.497 e. The summed E-state index contributed by atoms with van der Waals surface area (Å²) >= 11 is 0. The molecule has 7 nitrogen and oxygen atoms in total. The molecule has 0 aromatic heterocycles. The number of ether oxygens (including phenoxy) is 2. The molecule has 0 bridgehead atoms. The van der Waals surface area contributed by atoms with Gasteiger partial charge in [0.1, 0.15) is 24.7 Å². The van der Waals surface area contributed by atoms with Gasteiger partial charge in [0.05, 0.1) is 24.2 Å². The maximum Gasteiger partial charge on any atom is 0.264 e. The van der Waals surface area contributed by atoms with Crippen LogP contribution in [0.1, 0.15) is 16.7 Å². The highest BCUT2D eigenvalue weighted by molar-refractivity contribution is 7.92. The van der Waals surface area contributed by atoms with Gasteiger partial charge < -0.3 is 14.8 Å². The third kappa shape index (κ3) is 6.08. The van der Waals surface area contributed by atoms with E-state index in [1.807, 2.05) is 39.0 Å². The van der Waals surface area contributed by atoms with Gasteiger partial charge in [-0.3, -0.25) is 9.10 Å². The number of amides is 1. The maximum absolute atomic E-state index is 13.4. The first-order valence-electron chi connectivity index (χ1n) is 10.9. The topological polar surface area (TPSA) is 84.9 Å². The molecule has 1 N–H and O–H groups in total. The van der Waals surface area contributed by atoms with Gasteiger partial charge in [0.25, 0.3) is 10.0 Å². The van der Waals surface area contributed by atoms with Crippen LogP contribution in [0, 0.1) is 20.8 Å². The Morgan fingerprint density at radius 1 is 0.941 bits per heavy atom. The van der Waals surface area contributed by atoms with Gasteiger partial charge in [-0.2, -0.15) is 0 Å². The molecule has 0 saturated carbocycles. The zero-order chi connectivity index (χ0) is 24.7. The van der Waals surface area contributed by atoms with Crippen LogP contribution < -0.4 is 19.1 Å². The van der Waals surface area contributed by atoms with Gasteiger partial charge in [0.2, 0.25) is 5.91 Å². The second-order valence-electron chi connectivity index (χ2n) is 7.92. The van der Waals surface area contributed by atoms with Crippen LogP contribution in [0.25, 0.3) is 0 Å². The minimum absolute atomic E-state index is 0.111. The minimum Gasteiger partial charge on any atom is -0.497 e. The fourth-order valence-corrected chi connectivity index (χ4v) is 4.74. The van der Waals surface area contributed by atoms with E-state index in [1.54, 1.807) is 36.4 Å². The maximum atomic E-state index is 13.4. The van der Waals surface area contributed by atoms with Crippen LogP contribution in [0.2, 0.25) is 0 Å². The van der Waals surface area contributed by atoms with Gasteiger partial charge in [-0.15, -0.1) is 0 Å². The number of hydrogen-bond donors (Lipinski definition) is 1. The third-order valence-corrected chi connectivity index (χ3v) is 7.28. The molecule has 0 atom stereocenters. The summed E-state index contributed by atoms with van der Waals surface area (Å²) < 4.78 is 38.9. The fraction of sp³-hybridized carbons (Fsp3) is 0.269. The van der Waals surface area contributed by atoms with Crippen molar-refractivity contribution in [2.75, 3.05) is 31.1 Å². The molecule has 3 aromatic carbocycles. The van der Waals surface area contributed by atoms with E-state index < -0.39 is 15.9 Å². The number of nitrogens with one attached hydrogen (secondary N) is 1. The Hall–Kier alpha value is -3.52. The molecule has 0 unspecified atom stereocenters. The first-order chi connectivity index (χ1) is 16.2. The molecular weight excluding hydrogens is 452 g/mol. The molecule has 0 fully saturated rings. The molecule has 0 aliphatic rings. The Labute approximate surface area is 201 Å². The molecular formula is C26H30N2O5S. The average molecular weight is 483 g/mol. The number of sulfonamides is 1. The number of benzene rings is 3. The molecule has 0 aliphatic carbocycles. The van der Waals surface area contributed by atoms with Crippen molar-refractivity contribution in [3.63, 3.8) is 0 Å². The molecule has 3 rings (SSSR count). The summed E-state index contributed by atoms with van der Waals surface area (Å²) in [5.41, 5.74) is 3.47. The van der Waals surface area contributed by atoms with Gasteiger partial charge in [0, 0.05) is 0 Å². The first kappa shape index (κ1) is 25.1.